The average molecular weight is 356 g/mol. The molecule has 22 heavy (non-hydrogen) atoms. The van der Waals surface area contributed by atoms with Gasteiger partial charge in [-0.15, -0.1) is 11.3 Å². The largest absolute Gasteiger partial charge is 0.273 e. The number of aryl methyl sites for hydroxylation is 1. The summed E-state index contributed by atoms with van der Waals surface area (Å²) in [6.45, 7) is 3.85. The fourth-order valence-corrected chi connectivity index (χ4v) is 3.01. The lowest BCUT2D eigenvalue weighted by Crippen LogP contribution is -2.22. The van der Waals surface area contributed by atoms with Crippen molar-refractivity contribution >= 4 is 46.2 Å². The number of carbonyl (C=O) groups excluding carboxylic acids is 1. The molecule has 7 heteroatoms. The molecule has 4 nitrogen and oxygen atoms in total. The van der Waals surface area contributed by atoms with Crippen LogP contribution in [0.4, 0.5) is 0 Å². The standard InChI is InChI=1S/C15H15Cl2N3OS/c1-3-14(12-5-4-10(16)6-13(12)17)19-20-15(21)7-11-8-22-9(2)18-11/h4-6,8H,3,7H2,1-2H3,(H,20,21)/b19-14-. The van der Waals surface area contributed by atoms with Gasteiger partial charge in [-0.25, -0.2) is 10.4 Å². The van der Waals surface area contributed by atoms with Gasteiger partial charge in [0.1, 0.15) is 0 Å². The number of thiazole rings is 1. The Labute approximate surface area is 143 Å². The molecule has 0 bridgehead atoms. The first-order valence-corrected chi connectivity index (χ1v) is 8.35. The van der Waals surface area contributed by atoms with E-state index in [4.69, 9.17) is 23.2 Å². The van der Waals surface area contributed by atoms with Crippen molar-refractivity contribution in [3.63, 3.8) is 0 Å². The third-order valence-corrected chi connectivity index (χ3v) is 4.27. The molecule has 0 atom stereocenters. The number of hydrogen-bond acceptors (Lipinski definition) is 4. The Hall–Kier alpha value is -1.43. The highest BCUT2D eigenvalue weighted by atomic mass is 35.5. The van der Waals surface area contributed by atoms with E-state index >= 15 is 0 Å². The summed E-state index contributed by atoms with van der Waals surface area (Å²) < 4.78 is 0. The van der Waals surface area contributed by atoms with Crippen LogP contribution >= 0.6 is 34.5 Å². The minimum atomic E-state index is -0.207. The molecular formula is C15H15Cl2N3OS. The van der Waals surface area contributed by atoms with Gasteiger partial charge in [0.2, 0.25) is 5.91 Å². The van der Waals surface area contributed by atoms with Crippen molar-refractivity contribution in [3.8, 4) is 0 Å². The lowest BCUT2D eigenvalue weighted by atomic mass is 10.1. The average Bonchev–Trinajstić information content (AvgIpc) is 2.86. The molecule has 2 aromatic rings. The smallest absolute Gasteiger partial charge is 0.246 e. The number of nitrogens with one attached hydrogen (secondary N) is 1. The van der Waals surface area contributed by atoms with Crippen molar-refractivity contribution in [1.29, 1.82) is 0 Å². The van der Waals surface area contributed by atoms with E-state index in [0.29, 0.717) is 22.2 Å². The number of nitrogens with zero attached hydrogens (tertiary/aromatic N) is 2. The van der Waals surface area contributed by atoms with Crippen LogP contribution in [0, 0.1) is 6.92 Å². The molecular weight excluding hydrogens is 341 g/mol. The van der Waals surface area contributed by atoms with Gasteiger partial charge in [0, 0.05) is 16.0 Å². The summed E-state index contributed by atoms with van der Waals surface area (Å²) in [7, 11) is 0. The minimum Gasteiger partial charge on any atom is -0.273 e. The molecule has 1 N–H and O–H groups in total. The summed E-state index contributed by atoms with van der Waals surface area (Å²) in [5, 5.41) is 8.05. The van der Waals surface area contributed by atoms with Gasteiger partial charge < -0.3 is 0 Å². The summed E-state index contributed by atoms with van der Waals surface area (Å²) in [6, 6.07) is 5.19. The predicted octanol–water partition coefficient (Wildman–Crippen LogP) is 4.23. The first-order chi connectivity index (χ1) is 10.5. The molecule has 1 aromatic heterocycles. The van der Waals surface area contributed by atoms with Crippen molar-refractivity contribution in [1.82, 2.24) is 10.4 Å². The normalized spacial score (nSPS) is 11.5. The zero-order valence-corrected chi connectivity index (χ0v) is 14.5. The molecule has 1 amide bonds. The van der Waals surface area contributed by atoms with Gasteiger partial charge in [0.15, 0.2) is 0 Å². The Balaban J connectivity index is 2.07. The molecule has 116 valence electrons. The van der Waals surface area contributed by atoms with E-state index in [2.05, 4.69) is 15.5 Å². The van der Waals surface area contributed by atoms with E-state index < -0.39 is 0 Å². The molecule has 0 radical (unpaired) electrons. The molecule has 0 saturated carbocycles. The Morgan fingerprint density at radius 2 is 2.18 bits per heavy atom. The van der Waals surface area contributed by atoms with Crippen LogP contribution in [0.15, 0.2) is 28.7 Å². The minimum absolute atomic E-state index is 0.207. The summed E-state index contributed by atoms with van der Waals surface area (Å²) in [6.07, 6.45) is 0.844. The number of aromatic nitrogens is 1. The maximum absolute atomic E-state index is 11.9. The highest BCUT2D eigenvalue weighted by Gasteiger charge is 2.09. The lowest BCUT2D eigenvalue weighted by molar-refractivity contribution is -0.120. The van der Waals surface area contributed by atoms with Crippen LogP contribution in [0.25, 0.3) is 0 Å². The number of amides is 1. The third-order valence-electron chi connectivity index (χ3n) is 2.90. The molecule has 0 fully saturated rings. The fourth-order valence-electron chi connectivity index (χ4n) is 1.88. The van der Waals surface area contributed by atoms with E-state index in [1.165, 1.54) is 11.3 Å². The van der Waals surface area contributed by atoms with Crippen molar-refractivity contribution in [2.75, 3.05) is 0 Å². The van der Waals surface area contributed by atoms with Crippen LogP contribution in [-0.2, 0) is 11.2 Å². The van der Waals surface area contributed by atoms with Gasteiger partial charge in [0.25, 0.3) is 0 Å². The summed E-state index contributed by atoms with van der Waals surface area (Å²) >= 11 is 13.6. The Kier molecular flexibility index (Phi) is 5.94. The van der Waals surface area contributed by atoms with Crippen LogP contribution < -0.4 is 5.43 Å². The highest BCUT2D eigenvalue weighted by molar-refractivity contribution is 7.09. The van der Waals surface area contributed by atoms with E-state index in [9.17, 15) is 4.79 Å². The van der Waals surface area contributed by atoms with Crippen molar-refractivity contribution in [3.05, 3.63) is 49.9 Å². The van der Waals surface area contributed by atoms with Gasteiger partial charge in [-0.2, -0.15) is 5.10 Å². The first-order valence-electron chi connectivity index (χ1n) is 6.71. The van der Waals surface area contributed by atoms with Crippen LogP contribution in [0.1, 0.15) is 29.6 Å². The predicted molar refractivity (Wildman–Crippen MR) is 92.0 cm³/mol. The zero-order valence-electron chi connectivity index (χ0n) is 12.2. The van der Waals surface area contributed by atoms with E-state index in [-0.39, 0.29) is 12.3 Å². The number of halogens is 2. The van der Waals surface area contributed by atoms with Gasteiger partial charge in [0.05, 0.1) is 27.9 Å². The van der Waals surface area contributed by atoms with Gasteiger partial charge >= 0.3 is 0 Å². The Bertz CT molecular complexity index is 713. The Morgan fingerprint density at radius 1 is 1.41 bits per heavy atom. The number of carbonyl (C=O) groups is 1. The van der Waals surface area contributed by atoms with Crippen molar-refractivity contribution in [2.24, 2.45) is 5.10 Å². The summed E-state index contributed by atoms with van der Waals surface area (Å²) in [5.41, 5.74) is 4.76. The zero-order chi connectivity index (χ0) is 16.1. The maximum atomic E-state index is 11.9. The molecule has 0 unspecified atom stereocenters. The second-order valence-corrected chi connectivity index (χ2v) is 6.51. The van der Waals surface area contributed by atoms with Gasteiger partial charge in [-0.1, -0.05) is 36.2 Å². The SMILES string of the molecule is CC/C(=N/NC(=O)Cc1csc(C)n1)c1ccc(Cl)cc1Cl. The lowest BCUT2D eigenvalue weighted by Gasteiger charge is -2.07. The van der Waals surface area contributed by atoms with Crippen molar-refractivity contribution < 1.29 is 4.79 Å². The summed E-state index contributed by atoms with van der Waals surface area (Å²) in [5.74, 6) is -0.207. The van der Waals surface area contributed by atoms with E-state index in [1.54, 1.807) is 18.2 Å². The molecule has 2 rings (SSSR count). The molecule has 0 spiro atoms. The number of benzene rings is 1. The second kappa shape index (κ2) is 7.72. The Morgan fingerprint density at radius 3 is 2.77 bits per heavy atom. The van der Waals surface area contributed by atoms with Crippen LogP contribution in [0.3, 0.4) is 0 Å². The van der Waals surface area contributed by atoms with E-state index in [0.717, 1.165) is 16.3 Å². The monoisotopic (exact) mass is 355 g/mol. The molecule has 1 aromatic carbocycles. The van der Waals surface area contributed by atoms with Crippen LogP contribution in [0.5, 0.6) is 0 Å². The molecule has 1 heterocycles. The first kappa shape index (κ1) is 16.9. The molecule has 0 saturated heterocycles. The highest BCUT2D eigenvalue weighted by Crippen LogP contribution is 2.22. The van der Waals surface area contributed by atoms with E-state index in [1.807, 2.05) is 19.2 Å². The molecule has 0 aliphatic heterocycles. The van der Waals surface area contributed by atoms with Crippen LogP contribution in [-0.4, -0.2) is 16.6 Å². The third kappa shape index (κ3) is 4.53. The fraction of sp³-hybridized carbons (Fsp3) is 0.267. The quantitative estimate of drug-likeness (QED) is 0.644. The number of hydrogen-bond donors (Lipinski definition) is 1. The maximum Gasteiger partial charge on any atom is 0.246 e. The summed E-state index contributed by atoms with van der Waals surface area (Å²) in [4.78, 5) is 16.2. The molecule has 0 aliphatic rings. The number of rotatable bonds is 5. The topological polar surface area (TPSA) is 54.4 Å². The number of hydrazone groups is 1. The molecule has 0 aliphatic carbocycles. The second-order valence-electron chi connectivity index (χ2n) is 4.61. The van der Waals surface area contributed by atoms with Crippen molar-refractivity contribution in [2.45, 2.75) is 26.7 Å². The van der Waals surface area contributed by atoms with Crippen LogP contribution in [0.2, 0.25) is 10.0 Å². The van der Waals surface area contributed by atoms with Gasteiger partial charge in [-0.05, 0) is 25.5 Å². The van der Waals surface area contributed by atoms with Gasteiger partial charge in [-0.3, -0.25) is 4.79 Å².